The number of benzene rings is 3. The van der Waals surface area contributed by atoms with Crippen molar-refractivity contribution in [3.63, 3.8) is 0 Å². The van der Waals surface area contributed by atoms with Crippen LogP contribution in [-0.4, -0.2) is 21.6 Å². The monoisotopic (exact) mass is 410 g/mol. The van der Waals surface area contributed by atoms with Crippen molar-refractivity contribution in [2.75, 3.05) is 5.32 Å². The normalized spacial score (nSPS) is 10.6. The molecule has 6 nitrogen and oxygen atoms in total. The zero-order valence-corrected chi connectivity index (χ0v) is 17.1. The summed E-state index contributed by atoms with van der Waals surface area (Å²) in [6, 6.07) is 24.6. The van der Waals surface area contributed by atoms with Gasteiger partial charge in [0.15, 0.2) is 0 Å². The second-order valence-electron chi connectivity index (χ2n) is 7.29. The van der Waals surface area contributed by atoms with E-state index in [0.717, 1.165) is 11.1 Å². The third-order valence-corrected chi connectivity index (χ3v) is 4.99. The lowest BCUT2D eigenvalue weighted by Gasteiger charge is -2.08. The summed E-state index contributed by atoms with van der Waals surface area (Å²) >= 11 is 0. The molecule has 0 unspecified atom stereocenters. The molecule has 2 amide bonds. The molecule has 1 heterocycles. The molecule has 0 bridgehead atoms. The third-order valence-electron chi connectivity index (χ3n) is 4.99. The molecule has 1 aromatic heterocycles. The number of amides is 2. The van der Waals surface area contributed by atoms with E-state index in [1.165, 1.54) is 0 Å². The first-order valence-electron chi connectivity index (χ1n) is 9.90. The van der Waals surface area contributed by atoms with Crippen LogP contribution in [0, 0.1) is 6.92 Å². The number of carbonyl (C=O) groups excluding carboxylic acids is 2. The van der Waals surface area contributed by atoms with Gasteiger partial charge in [-0.1, -0.05) is 60.7 Å². The Hall–Kier alpha value is -4.19. The molecule has 0 fully saturated rings. The number of anilines is 1. The lowest BCUT2D eigenvalue weighted by Crippen LogP contribution is -2.15. The molecule has 4 rings (SSSR count). The maximum absolute atomic E-state index is 13.1. The van der Waals surface area contributed by atoms with Gasteiger partial charge in [-0.05, 0) is 36.2 Å². The maximum atomic E-state index is 13.1. The van der Waals surface area contributed by atoms with Crippen LogP contribution >= 0.6 is 0 Å². The molecule has 0 aliphatic carbocycles. The highest BCUT2D eigenvalue weighted by molar-refractivity contribution is 6.08. The highest BCUT2D eigenvalue weighted by atomic mass is 16.2. The number of hydrogen-bond acceptors (Lipinski definition) is 3. The van der Waals surface area contributed by atoms with E-state index >= 15 is 0 Å². The summed E-state index contributed by atoms with van der Waals surface area (Å²) in [5.41, 5.74) is 10.1. The summed E-state index contributed by atoms with van der Waals surface area (Å²) < 4.78 is 1.77. The van der Waals surface area contributed by atoms with Crippen LogP contribution in [0.5, 0.6) is 0 Å². The van der Waals surface area contributed by atoms with Gasteiger partial charge >= 0.3 is 0 Å². The fourth-order valence-electron chi connectivity index (χ4n) is 3.46. The van der Waals surface area contributed by atoms with E-state index < -0.39 is 5.91 Å². The van der Waals surface area contributed by atoms with Crippen LogP contribution in [0.2, 0.25) is 0 Å². The first-order chi connectivity index (χ1) is 15.0. The number of primary amides is 1. The van der Waals surface area contributed by atoms with Gasteiger partial charge in [0, 0.05) is 23.0 Å². The smallest absolute Gasteiger partial charge is 0.259 e. The van der Waals surface area contributed by atoms with E-state index in [2.05, 4.69) is 10.4 Å². The predicted molar refractivity (Wildman–Crippen MR) is 121 cm³/mol. The highest BCUT2D eigenvalue weighted by Gasteiger charge is 2.19. The van der Waals surface area contributed by atoms with Gasteiger partial charge in [0.25, 0.3) is 5.91 Å². The third kappa shape index (κ3) is 4.53. The van der Waals surface area contributed by atoms with E-state index in [4.69, 9.17) is 5.73 Å². The molecule has 31 heavy (non-hydrogen) atoms. The van der Waals surface area contributed by atoms with Gasteiger partial charge in [-0.15, -0.1) is 0 Å². The van der Waals surface area contributed by atoms with Crippen LogP contribution in [0.25, 0.3) is 11.3 Å². The fraction of sp³-hybridized carbons (Fsp3) is 0.0800. The molecule has 0 atom stereocenters. The van der Waals surface area contributed by atoms with Crippen molar-refractivity contribution in [3.8, 4) is 11.3 Å². The van der Waals surface area contributed by atoms with Crippen molar-refractivity contribution in [1.82, 2.24) is 9.78 Å². The Bertz CT molecular complexity index is 1230. The van der Waals surface area contributed by atoms with Gasteiger partial charge in [-0.25, -0.2) is 0 Å². The Balaban J connectivity index is 1.66. The van der Waals surface area contributed by atoms with Crippen LogP contribution in [-0.2, 0) is 6.54 Å². The lowest BCUT2D eigenvalue weighted by molar-refractivity contribution is 0.0997. The number of nitrogens with two attached hydrogens (primary N) is 1. The van der Waals surface area contributed by atoms with Gasteiger partial charge in [-0.3, -0.25) is 14.3 Å². The number of rotatable bonds is 6. The van der Waals surface area contributed by atoms with Gasteiger partial charge in [0.05, 0.1) is 12.1 Å². The first kappa shape index (κ1) is 20.1. The molecule has 154 valence electrons. The summed E-state index contributed by atoms with van der Waals surface area (Å²) in [4.78, 5) is 24.6. The van der Waals surface area contributed by atoms with Crippen molar-refractivity contribution in [1.29, 1.82) is 0 Å². The summed E-state index contributed by atoms with van der Waals surface area (Å²) in [6.07, 6.45) is 1.76. The van der Waals surface area contributed by atoms with E-state index in [0.29, 0.717) is 34.6 Å². The van der Waals surface area contributed by atoms with Gasteiger partial charge < -0.3 is 11.1 Å². The summed E-state index contributed by atoms with van der Waals surface area (Å²) in [5, 5.41) is 7.60. The molecule has 3 N–H and O–H groups in total. The molecule has 0 radical (unpaired) electrons. The minimum Gasteiger partial charge on any atom is -0.366 e. The molecule has 0 aliphatic heterocycles. The fourth-order valence-corrected chi connectivity index (χ4v) is 3.46. The SMILES string of the molecule is Cc1cc(NC(=O)c2cn(Cc3ccccc3)nc2-c2ccccc2)ccc1C(N)=O. The molecule has 6 heteroatoms. The van der Waals surface area contributed by atoms with Crippen LogP contribution in [0.1, 0.15) is 31.8 Å². The molecule has 0 spiro atoms. The quantitative estimate of drug-likeness (QED) is 0.498. The predicted octanol–water partition coefficient (Wildman–Crippen LogP) is 4.26. The van der Waals surface area contributed by atoms with Gasteiger partial charge in [-0.2, -0.15) is 5.10 Å². The molecular formula is C25H22N4O2. The van der Waals surface area contributed by atoms with E-state index in [1.54, 1.807) is 36.0 Å². The molecule has 0 saturated heterocycles. The molecule has 0 saturated carbocycles. The Morgan fingerprint density at radius 1 is 0.935 bits per heavy atom. The Kier molecular flexibility index (Phi) is 5.62. The van der Waals surface area contributed by atoms with E-state index in [9.17, 15) is 9.59 Å². The number of nitrogens with zero attached hydrogens (tertiary/aromatic N) is 2. The average molecular weight is 410 g/mol. The topological polar surface area (TPSA) is 90.0 Å². The van der Waals surface area contributed by atoms with Crippen molar-refractivity contribution in [2.45, 2.75) is 13.5 Å². The summed E-state index contributed by atoms with van der Waals surface area (Å²) in [5.74, 6) is -0.770. The van der Waals surface area contributed by atoms with Crippen molar-refractivity contribution < 1.29 is 9.59 Å². The molecule has 3 aromatic carbocycles. The van der Waals surface area contributed by atoms with Crippen LogP contribution in [0.3, 0.4) is 0 Å². The summed E-state index contributed by atoms with van der Waals surface area (Å²) in [6.45, 7) is 2.34. The van der Waals surface area contributed by atoms with Crippen LogP contribution in [0.4, 0.5) is 5.69 Å². The number of hydrogen-bond donors (Lipinski definition) is 2. The second kappa shape index (κ2) is 8.67. The van der Waals surface area contributed by atoms with Crippen LogP contribution in [0.15, 0.2) is 85.1 Å². The number of aryl methyl sites for hydroxylation is 1. The summed E-state index contributed by atoms with van der Waals surface area (Å²) in [7, 11) is 0. The Morgan fingerprint density at radius 3 is 2.26 bits per heavy atom. The second-order valence-corrected chi connectivity index (χ2v) is 7.29. The number of carbonyl (C=O) groups is 2. The minimum absolute atomic E-state index is 0.274. The average Bonchev–Trinajstić information content (AvgIpc) is 3.19. The van der Waals surface area contributed by atoms with Crippen molar-refractivity contribution in [3.05, 3.63) is 107 Å². The molecular weight excluding hydrogens is 388 g/mol. The molecule has 0 aliphatic rings. The lowest BCUT2D eigenvalue weighted by atomic mass is 10.1. The van der Waals surface area contributed by atoms with Gasteiger partial charge in [0.2, 0.25) is 5.91 Å². The largest absolute Gasteiger partial charge is 0.366 e. The number of aromatic nitrogens is 2. The van der Waals surface area contributed by atoms with Crippen molar-refractivity contribution >= 4 is 17.5 Å². The first-order valence-corrected chi connectivity index (χ1v) is 9.90. The highest BCUT2D eigenvalue weighted by Crippen LogP contribution is 2.24. The van der Waals surface area contributed by atoms with Crippen molar-refractivity contribution in [2.24, 2.45) is 5.73 Å². The Morgan fingerprint density at radius 2 is 1.61 bits per heavy atom. The minimum atomic E-state index is -0.496. The zero-order chi connectivity index (χ0) is 21.8. The molecule has 4 aromatic rings. The Labute approximate surface area is 180 Å². The standard InChI is InChI=1S/C25H22N4O2/c1-17-14-20(12-13-21(17)24(26)30)27-25(31)22-16-29(15-18-8-4-2-5-9-18)28-23(22)19-10-6-3-7-11-19/h2-14,16H,15H2,1H3,(H2,26,30)(H,27,31). The zero-order valence-electron chi connectivity index (χ0n) is 17.1. The van der Waals surface area contributed by atoms with E-state index in [-0.39, 0.29) is 5.91 Å². The number of nitrogens with one attached hydrogen (secondary N) is 1. The van der Waals surface area contributed by atoms with Gasteiger partial charge in [0.1, 0.15) is 5.69 Å². The van der Waals surface area contributed by atoms with E-state index in [1.807, 2.05) is 60.7 Å². The maximum Gasteiger partial charge on any atom is 0.259 e. The van der Waals surface area contributed by atoms with Crippen LogP contribution < -0.4 is 11.1 Å².